The molecule has 68 valence electrons. The summed E-state index contributed by atoms with van der Waals surface area (Å²) < 4.78 is 0. The second kappa shape index (κ2) is 5.54. The summed E-state index contributed by atoms with van der Waals surface area (Å²) in [6, 6.07) is 0.0822. The minimum absolute atomic E-state index is 0.0822. The standard InChI is InChI=1S/C7H13N3OS/c1-4-5(2)8-7(12)10-9-6(3)11/h4-5H,1H2,2-3H3,(H,9,11)(H2,8,10,12). The van der Waals surface area contributed by atoms with Gasteiger partial charge in [0.15, 0.2) is 5.11 Å². The molecule has 0 radical (unpaired) electrons. The van der Waals surface area contributed by atoms with Gasteiger partial charge in [0, 0.05) is 13.0 Å². The molecule has 0 aliphatic heterocycles. The maximum atomic E-state index is 10.4. The summed E-state index contributed by atoms with van der Waals surface area (Å²) in [5.41, 5.74) is 4.87. The quantitative estimate of drug-likeness (QED) is 0.325. The SMILES string of the molecule is C=CC(C)NC(=S)NNC(C)=O. The van der Waals surface area contributed by atoms with Gasteiger partial charge in [0.25, 0.3) is 0 Å². The molecule has 0 saturated heterocycles. The minimum Gasteiger partial charge on any atom is -0.355 e. The smallest absolute Gasteiger partial charge is 0.235 e. The fraction of sp³-hybridized carbons (Fsp3) is 0.429. The van der Waals surface area contributed by atoms with Crippen molar-refractivity contribution in [3.63, 3.8) is 0 Å². The van der Waals surface area contributed by atoms with Crippen LogP contribution in [0.25, 0.3) is 0 Å². The van der Waals surface area contributed by atoms with Gasteiger partial charge in [-0.05, 0) is 19.1 Å². The molecule has 0 aliphatic rings. The van der Waals surface area contributed by atoms with E-state index in [1.165, 1.54) is 6.92 Å². The second-order valence-electron chi connectivity index (χ2n) is 2.30. The van der Waals surface area contributed by atoms with Crippen LogP contribution in [0.2, 0.25) is 0 Å². The van der Waals surface area contributed by atoms with Crippen LogP contribution in [0, 0.1) is 0 Å². The summed E-state index contributed by atoms with van der Waals surface area (Å²) in [6.07, 6.45) is 1.71. The Labute approximate surface area is 77.4 Å². The molecule has 0 bridgehead atoms. The molecule has 0 aliphatic carbocycles. The zero-order valence-electron chi connectivity index (χ0n) is 7.18. The third kappa shape index (κ3) is 5.67. The van der Waals surface area contributed by atoms with Gasteiger partial charge >= 0.3 is 0 Å². The van der Waals surface area contributed by atoms with Crippen LogP contribution in [-0.2, 0) is 4.79 Å². The first-order valence-corrected chi connectivity index (χ1v) is 3.92. The molecule has 1 unspecified atom stereocenters. The van der Waals surface area contributed by atoms with E-state index in [2.05, 4.69) is 22.7 Å². The number of hydrazine groups is 1. The van der Waals surface area contributed by atoms with Crippen LogP contribution in [0.1, 0.15) is 13.8 Å². The molecule has 0 heterocycles. The maximum absolute atomic E-state index is 10.4. The van der Waals surface area contributed by atoms with Crippen molar-refractivity contribution in [3.8, 4) is 0 Å². The van der Waals surface area contributed by atoms with Gasteiger partial charge in [0.05, 0.1) is 0 Å². The van der Waals surface area contributed by atoms with Gasteiger partial charge in [0.2, 0.25) is 5.91 Å². The van der Waals surface area contributed by atoms with E-state index in [9.17, 15) is 4.79 Å². The first kappa shape index (κ1) is 10.9. The van der Waals surface area contributed by atoms with E-state index < -0.39 is 0 Å². The summed E-state index contributed by atoms with van der Waals surface area (Å²) in [6.45, 7) is 6.86. The van der Waals surface area contributed by atoms with Crippen LogP contribution in [0.4, 0.5) is 0 Å². The van der Waals surface area contributed by atoms with E-state index in [1.807, 2.05) is 6.92 Å². The van der Waals surface area contributed by atoms with Gasteiger partial charge in [-0.25, -0.2) is 0 Å². The van der Waals surface area contributed by atoms with Crippen LogP contribution in [0.5, 0.6) is 0 Å². The van der Waals surface area contributed by atoms with Crippen LogP contribution >= 0.6 is 12.2 Å². The Morgan fingerprint density at radius 3 is 2.58 bits per heavy atom. The van der Waals surface area contributed by atoms with Crippen molar-refractivity contribution in [2.24, 2.45) is 0 Å². The highest BCUT2D eigenvalue weighted by Crippen LogP contribution is 1.79. The summed E-state index contributed by atoms with van der Waals surface area (Å²) >= 11 is 4.83. The molecule has 0 aromatic heterocycles. The van der Waals surface area contributed by atoms with Crippen LogP contribution in [-0.4, -0.2) is 17.1 Å². The predicted octanol–water partition coefficient (Wildman–Crippen LogP) is 0.0761. The molecular formula is C7H13N3OS. The van der Waals surface area contributed by atoms with Crippen molar-refractivity contribution in [1.29, 1.82) is 0 Å². The van der Waals surface area contributed by atoms with Crippen molar-refractivity contribution in [3.05, 3.63) is 12.7 Å². The van der Waals surface area contributed by atoms with Crippen molar-refractivity contribution >= 4 is 23.2 Å². The van der Waals surface area contributed by atoms with Gasteiger partial charge in [0.1, 0.15) is 0 Å². The lowest BCUT2D eigenvalue weighted by atomic mass is 10.3. The average molecular weight is 187 g/mol. The highest BCUT2D eigenvalue weighted by atomic mass is 32.1. The highest BCUT2D eigenvalue weighted by Gasteiger charge is 1.98. The lowest BCUT2D eigenvalue weighted by Gasteiger charge is -2.13. The number of amides is 1. The first-order chi connectivity index (χ1) is 5.56. The number of hydrogen-bond acceptors (Lipinski definition) is 2. The van der Waals surface area contributed by atoms with Crippen molar-refractivity contribution in [2.45, 2.75) is 19.9 Å². The van der Waals surface area contributed by atoms with Crippen LogP contribution in [0.15, 0.2) is 12.7 Å². The molecule has 5 heteroatoms. The molecule has 1 atom stereocenters. The van der Waals surface area contributed by atoms with Gasteiger partial charge in [-0.2, -0.15) is 0 Å². The van der Waals surface area contributed by atoms with E-state index in [4.69, 9.17) is 12.2 Å². The molecule has 0 aromatic carbocycles. The molecule has 12 heavy (non-hydrogen) atoms. The lowest BCUT2D eigenvalue weighted by Crippen LogP contribution is -2.48. The number of thiocarbonyl (C=S) groups is 1. The first-order valence-electron chi connectivity index (χ1n) is 3.52. The monoisotopic (exact) mass is 187 g/mol. The summed E-state index contributed by atoms with van der Waals surface area (Å²) in [5.74, 6) is -0.189. The Hall–Kier alpha value is -1.10. The van der Waals surface area contributed by atoms with Crippen molar-refractivity contribution < 1.29 is 4.79 Å². The number of nitrogens with one attached hydrogen (secondary N) is 3. The van der Waals surface area contributed by atoms with E-state index >= 15 is 0 Å². The molecule has 0 spiro atoms. The largest absolute Gasteiger partial charge is 0.355 e. The highest BCUT2D eigenvalue weighted by molar-refractivity contribution is 7.80. The summed E-state index contributed by atoms with van der Waals surface area (Å²) in [4.78, 5) is 10.4. The van der Waals surface area contributed by atoms with Gasteiger partial charge in [-0.3, -0.25) is 15.6 Å². The summed E-state index contributed by atoms with van der Waals surface area (Å²) in [7, 11) is 0. The molecule has 4 nitrogen and oxygen atoms in total. The normalized spacial score (nSPS) is 11.2. The molecule has 0 aromatic rings. The van der Waals surface area contributed by atoms with E-state index in [1.54, 1.807) is 6.08 Å². The van der Waals surface area contributed by atoms with Crippen LogP contribution in [0.3, 0.4) is 0 Å². The number of carbonyl (C=O) groups excluding carboxylic acids is 1. The fourth-order valence-corrected chi connectivity index (χ4v) is 0.683. The summed E-state index contributed by atoms with van der Waals surface area (Å²) in [5, 5.41) is 3.25. The Bertz CT molecular complexity index is 193. The minimum atomic E-state index is -0.189. The molecule has 0 saturated carbocycles. The maximum Gasteiger partial charge on any atom is 0.235 e. The number of carbonyl (C=O) groups is 1. The zero-order chi connectivity index (χ0) is 9.56. The Balaban J connectivity index is 3.59. The van der Waals surface area contributed by atoms with Crippen molar-refractivity contribution in [1.82, 2.24) is 16.2 Å². The Kier molecular flexibility index (Phi) is 5.03. The molecular weight excluding hydrogens is 174 g/mol. The van der Waals surface area contributed by atoms with Gasteiger partial charge < -0.3 is 5.32 Å². The molecule has 0 rings (SSSR count). The average Bonchev–Trinajstić information content (AvgIpc) is 2.00. The van der Waals surface area contributed by atoms with E-state index in [0.29, 0.717) is 5.11 Å². The topological polar surface area (TPSA) is 53.2 Å². The molecule has 1 amide bonds. The Morgan fingerprint density at radius 1 is 1.58 bits per heavy atom. The third-order valence-electron chi connectivity index (χ3n) is 1.06. The Morgan fingerprint density at radius 2 is 2.17 bits per heavy atom. The third-order valence-corrected chi connectivity index (χ3v) is 1.28. The predicted molar refractivity (Wildman–Crippen MR) is 52.3 cm³/mol. The molecule has 3 N–H and O–H groups in total. The van der Waals surface area contributed by atoms with Crippen LogP contribution < -0.4 is 16.2 Å². The number of rotatable bonds is 2. The van der Waals surface area contributed by atoms with Gasteiger partial charge in [-0.1, -0.05) is 6.08 Å². The lowest BCUT2D eigenvalue weighted by molar-refractivity contribution is -0.119. The van der Waals surface area contributed by atoms with E-state index in [0.717, 1.165) is 0 Å². The molecule has 0 fully saturated rings. The van der Waals surface area contributed by atoms with Crippen molar-refractivity contribution in [2.75, 3.05) is 0 Å². The second-order valence-corrected chi connectivity index (χ2v) is 2.71. The fourth-order valence-electron chi connectivity index (χ4n) is 0.447. The number of hydrogen-bond donors (Lipinski definition) is 3. The van der Waals surface area contributed by atoms with E-state index in [-0.39, 0.29) is 11.9 Å². The van der Waals surface area contributed by atoms with Gasteiger partial charge in [-0.15, -0.1) is 6.58 Å². The zero-order valence-corrected chi connectivity index (χ0v) is 7.99.